The molecule has 1 atom stereocenters. The minimum atomic E-state index is -0.303. The summed E-state index contributed by atoms with van der Waals surface area (Å²) in [6.07, 6.45) is 0.275. The summed E-state index contributed by atoms with van der Waals surface area (Å²) >= 11 is 0. The van der Waals surface area contributed by atoms with Crippen LogP contribution >= 0.6 is 0 Å². The van der Waals surface area contributed by atoms with Gasteiger partial charge >= 0.3 is 6.09 Å². The van der Waals surface area contributed by atoms with Crippen molar-refractivity contribution >= 4 is 17.7 Å². The first kappa shape index (κ1) is 26.5. The fourth-order valence-electron chi connectivity index (χ4n) is 4.85. The average molecular weight is 509 g/mol. The Bertz CT molecular complexity index is 1170. The third-order valence-electron chi connectivity index (χ3n) is 6.93. The van der Waals surface area contributed by atoms with Crippen molar-refractivity contribution in [1.82, 2.24) is 14.8 Å². The van der Waals surface area contributed by atoms with Crippen molar-refractivity contribution in [3.05, 3.63) is 58.7 Å². The lowest BCUT2D eigenvalue weighted by molar-refractivity contribution is -0.134. The van der Waals surface area contributed by atoms with E-state index >= 15 is 0 Å². The van der Waals surface area contributed by atoms with Crippen LogP contribution in [0, 0.1) is 13.8 Å². The van der Waals surface area contributed by atoms with Crippen molar-refractivity contribution in [2.45, 2.75) is 33.2 Å². The molecule has 2 aliphatic heterocycles. The van der Waals surface area contributed by atoms with Gasteiger partial charge in [0.25, 0.3) is 5.91 Å². The molecular weight excluding hydrogens is 472 g/mol. The minimum Gasteiger partial charge on any atom is -0.497 e. The molecule has 9 heteroatoms. The smallest absolute Gasteiger partial charge is 0.409 e. The second-order valence-corrected chi connectivity index (χ2v) is 9.39. The zero-order chi connectivity index (χ0) is 26.5. The number of piperazine rings is 1. The quantitative estimate of drug-likeness (QED) is 0.566. The SMILES string of the molecule is CCOC(=O)N1CCN(CC(=O)N2N=C(c3cc(C)ccc3C)CC2c2ccc(OC)cc2OC)CC1. The van der Waals surface area contributed by atoms with Crippen molar-refractivity contribution in [2.24, 2.45) is 5.10 Å². The molecule has 0 N–H and O–H groups in total. The molecule has 0 bridgehead atoms. The van der Waals surface area contributed by atoms with Gasteiger partial charge in [-0.15, -0.1) is 0 Å². The van der Waals surface area contributed by atoms with Crippen LogP contribution in [0.2, 0.25) is 0 Å². The lowest BCUT2D eigenvalue weighted by Crippen LogP contribution is -2.51. The Morgan fingerprint density at radius 3 is 2.43 bits per heavy atom. The standard InChI is InChI=1S/C28H36N4O5/c1-6-37-28(34)31-13-11-30(12-14-31)18-27(33)32-25(22-10-9-21(35-4)16-26(22)36-5)17-24(29-32)23-15-19(2)7-8-20(23)3/h7-10,15-16,25H,6,11-14,17-18H2,1-5H3. The predicted octanol–water partition coefficient (Wildman–Crippen LogP) is 3.77. The van der Waals surface area contributed by atoms with E-state index in [0.29, 0.717) is 50.7 Å². The van der Waals surface area contributed by atoms with Gasteiger partial charge in [0.15, 0.2) is 0 Å². The maximum absolute atomic E-state index is 13.7. The summed E-state index contributed by atoms with van der Waals surface area (Å²) in [5.41, 5.74) is 5.08. The molecule has 0 aromatic heterocycles. The van der Waals surface area contributed by atoms with Crippen LogP contribution in [-0.4, -0.2) is 86.1 Å². The largest absolute Gasteiger partial charge is 0.497 e. The molecule has 198 valence electrons. The van der Waals surface area contributed by atoms with Crippen LogP contribution in [-0.2, 0) is 9.53 Å². The number of carbonyl (C=O) groups is 2. The normalized spacial score (nSPS) is 18.0. The highest BCUT2D eigenvalue weighted by atomic mass is 16.6. The molecular formula is C28H36N4O5. The first-order valence-electron chi connectivity index (χ1n) is 12.7. The summed E-state index contributed by atoms with van der Waals surface area (Å²) in [5.74, 6) is 1.25. The summed E-state index contributed by atoms with van der Waals surface area (Å²) in [6.45, 7) is 8.74. The molecule has 0 aliphatic carbocycles. The fraction of sp³-hybridized carbons (Fsp3) is 0.464. The third-order valence-corrected chi connectivity index (χ3v) is 6.93. The topological polar surface area (TPSA) is 83.9 Å². The molecule has 0 saturated carbocycles. The molecule has 2 aromatic rings. The van der Waals surface area contributed by atoms with Gasteiger partial charge in [0, 0.05) is 49.8 Å². The number of hydrazone groups is 1. The van der Waals surface area contributed by atoms with Gasteiger partial charge in [0.2, 0.25) is 0 Å². The highest BCUT2D eigenvalue weighted by Gasteiger charge is 2.36. The zero-order valence-corrected chi connectivity index (χ0v) is 22.3. The maximum Gasteiger partial charge on any atom is 0.409 e. The van der Waals surface area contributed by atoms with E-state index in [1.165, 1.54) is 0 Å². The van der Waals surface area contributed by atoms with Gasteiger partial charge in [-0.2, -0.15) is 5.10 Å². The highest BCUT2D eigenvalue weighted by Crippen LogP contribution is 2.39. The molecule has 1 unspecified atom stereocenters. The van der Waals surface area contributed by atoms with Gasteiger partial charge < -0.3 is 19.1 Å². The molecule has 2 amide bonds. The van der Waals surface area contributed by atoms with Crippen molar-refractivity contribution in [2.75, 3.05) is 53.6 Å². The van der Waals surface area contributed by atoms with Gasteiger partial charge in [-0.05, 0) is 44.5 Å². The van der Waals surface area contributed by atoms with Gasteiger partial charge in [0.1, 0.15) is 11.5 Å². The van der Waals surface area contributed by atoms with Crippen LogP contribution in [0.25, 0.3) is 0 Å². The Hall–Kier alpha value is -3.59. The van der Waals surface area contributed by atoms with Crippen molar-refractivity contribution in [1.29, 1.82) is 0 Å². The molecule has 2 aliphatic rings. The number of ether oxygens (including phenoxy) is 3. The maximum atomic E-state index is 13.7. The van der Waals surface area contributed by atoms with Crippen molar-refractivity contribution in [3.8, 4) is 11.5 Å². The molecule has 2 heterocycles. The molecule has 4 rings (SSSR count). The summed E-state index contributed by atoms with van der Waals surface area (Å²) in [5, 5.41) is 6.48. The molecule has 1 saturated heterocycles. The number of hydrogen-bond acceptors (Lipinski definition) is 7. The molecule has 9 nitrogen and oxygen atoms in total. The Morgan fingerprint density at radius 2 is 1.76 bits per heavy atom. The summed E-state index contributed by atoms with van der Waals surface area (Å²) in [6, 6.07) is 11.7. The van der Waals surface area contributed by atoms with Crippen LogP contribution in [0.5, 0.6) is 11.5 Å². The van der Waals surface area contributed by atoms with Gasteiger partial charge in [-0.3, -0.25) is 9.69 Å². The van der Waals surface area contributed by atoms with Gasteiger partial charge in [0.05, 0.1) is 39.1 Å². The van der Waals surface area contributed by atoms with Gasteiger partial charge in [-0.1, -0.05) is 17.7 Å². The summed E-state index contributed by atoms with van der Waals surface area (Å²) in [4.78, 5) is 29.5. The number of amides is 2. The second-order valence-electron chi connectivity index (χ2n) is 9.39. The van der Waals surface area contributed by atoms with E-state index in [0.717, 1.165) is 28.0 Å². The van der Waals surface area contributed by atoms with Gasteiger partial charge in [-0.25, -0.2) is 9.80 Å². The number of benzene rings is 2. The number of nitrogens with zero attached hydrogens (tertiary/aromatic N) is 4. The van der Waals surface area contributed by atoms with E-state index < -0.39 is 0 Å². The highest BCUT2D eigenvalue weighted by molar-refractivity contribution is 6.04. The summed E-state index contributed by atoms with van der Waals surface area (Å²) < 4.78 is 16.2. The number of aryl methyl sites for hydroxylation is 2. The second kappa shape index (κ2) is 11.6. The lowest BCUT2D eigenvalue weighted by atomic mass is 9.94. The van der Waals surface area contributed by atoms with E-state index in [1.807, 2.05) is 18.2 Å². The van der Waals surface area contributed by atoms with Crippen molar-refractivity contribution < 1.29 is 23.8 Å². The predicted molar refractivity (Wildman–Crippen MR) is 141 cm³/mol. The molecule has 37 heavy (non-hydrogen) atoms. The Labute approximate surface area is 218 Å². The van der Waals surface area contributed by atoms with E-state index in [9.17, 15) is 9.59 Å². The van der Waals surface area contributed by atoms with Crippen LogP contribution < -0.4 is 9.47 Å². The minimum absolute atomic E-state index is 0.0900. The summed E-state index contributed by atoms with van der Waals surface area (Å²) in [7, 11) is 3.23. The first-order chi connectivity index (χ1) is 17.8. The fourth-order valence-corrected chi connectivity index (χ4v) is 4.85. The number of carbonyl (C=O) groups excluding carboxylic acids is 2. The van der Waals surface area contributed by atoms with E-state index in [2.05, 4.69) is 36.9 Å². The lowest BCUT2D eigenvalue weighted by Gasteiger charge is -2.34. The Kier molecular flexibility index (Phi) is 8.33. The zero-order valence-electron chi connectivity index (χ0n) is 22.3. The number of hydrogen-bond donors (Lipinski definition) is 0. The van der Waals surface area contributed by atoms with Crippen LogP contribution in [0.1, 0.15) is 41.6 Å². The number of methoxy groups -OCH3 is 2. The monoisotopic (exact) mass is 508 g/mol. The molecule has 1 fully saturated rings. The molecule has 0 spiro atoms. The first-order valence-corrected chi connectivity index (χ1v) is 12.7. The number of rotatable bonds is 7. The van der Waals surface area contributed by atoms with Crippen molar-refractivity contribution in [3.63, 3.8) is 0 Å². The third kappa shape index (κ3) is 5.88. The Balaban J connectivity index is 1.58. The van der Waals surface area contributed by atoms with Crippen LogP contribution in [0.15, 0.2) is 41.5 Å². The Morgan fingerprint density at radius 1 is 1.00 bits per heavy atom. The van der Waals surface area contributed by atoms with E-state index in [4.69, 9.17) is 19.3 Å². The van der Waals surface area contributed by atoms with E-state index in [1.54, 1.807) is 31.1 Å². The van der Waals surface area contributed by atoms with Crippen LogP contribution in [0.3, 0.4) is 0 Å². The molecule has 0 radical (unpaired) electrons. The van der Waals surface area contributed by atoms with Crippen LogP contribution in [0.4, 0.5) is 4.79 Å². The average Bonchev–Trinajstić information content (AvgIpc) is 3.35. The van der Waals surface area contributed by atoms with E-state index in [-0.39, 0.29) is 24.6 Å². The molecule has 2 aromatic carbocycles.